The number of hydrogen-bond donors (Lipinski definition) is 0. The third kappa shape index (κ3) is 3.20. The van der Waals surface area contributed by atoms with Crippen molar-refractivity contribution < 1.29 is 24.0 Å². The van der Waals surface area contributed by atoms with E-state index in [0.29, 0.717) is 16.7 Å². The molecule has 0 saturated heterocycles. The summed E-state index contributed by atoms with van der Waals surface area (Å²) in [5.74, 6) is -1.49. The summed E-state index contributed by atoms with van der Waals surface area (Å²) in [6.07, 6.45) is 0. The monoisotopic (exact) mass is 402 g/mol. The van der Waals surface area contributed by atoms with Crippen LogP contribution in [0.2, 0.25) is 0 Å². The van der Waals surface area contributed by atoms with Crippen molar-refractivity contribution in [3.05, 3.63) is 99.1 Å². The largest absolute Gasteiger partial charge is 0.423 e. The van der Waals surface area contributed by atoms with E-state index in [4.69, 9.17) is 4.74 Å². The quantitative estimate of drug-likeness (QED) is 0.215. The van der Waals surface area contributed by atoms with Crippen LogP contribution in [0.3, 0.4) is 0 Å². The van der Waals surface area contributed by atoms with Gasteiger partial charge in [-0.2, -0.15) is 0 Å². The van der Waals surface area contributed by atoms with E-state index in [2.05, 4.69) is 0 Å². The molecule has 1 aliphatic heterocycles. The Hall–Kier alpha value is -4.33. The minimum atomic E-state index is -0.715. The molecule has 4 rings (SSSR count). The van der Waals surface area contributed by atoms with Crippen LogP contribution in [-0.4, -0.2) is 22.7 Å². The van der Waals surface area contributed by atoms with Gasteiger partial charge in [-0.25, -0.2) is 9.69 Å². The first kappa shape index (κ1) is 19.0. The standard InChI is InChI=1S/C22H14N2O6/c1-13-11-14(9-10-19(13)24(28)29)22(27)30-16-6-4-5-15(12-16)23-20(25)17-7-2-3-8-18(17)21(23)26/h2-12H,1H3. The molecule has 1 aliphatic rings. The summed E-state index contributed by atoms with van der Waals surface area (Å²) < 4.78 is 5.35. The molecule has 0 bridgehead atoms. The smallest absolute Gasteiger partial charge is 0.343 e. The third-order valence-electron chi connectivity index (χ3n) is 4.71. The Labute approximate surface area is 170 Å². The van der Waals surface area contributed by atoms with Crippen LogP contribution in [0.15, 0.2) is 66.7 Å². The molecule has 148 valence electrons. The molecule has 3 aromatic carbocycles. The first-order chi connectivity index (χ1) is 14.4. The lowest BCUT2D eigenvalue weighted by Crippen LogP contribution is -2.29. The fraction of sp³-hybridized carbons (Fsp3) is 0.0455. The van der Waals surface area contributed by atoms with E-state index < -0.39 is 22.7 Å². The van der Waals surface area contributed by atoms with Crippen molar-refractivity contribution in [3.63, 3.8) is 0 Å². The number of carbonyl (C=O) groups excluding carboxylic acids is 3. The van der Waals surface area contributed by atoms with Crippen LogP contribution in [-0.2, 0) is 0 Å². The molecular weight excluding hydrogens is 388 g/mol. The number of anilines is 1. The number of fused-ring (bicyclic) bond motifs is 1. The lowest BCUT2D eigenvalue weighted by molar-refractivity contribution is -0.385. The average Bonchev–Trinajstić information content (AvgIpc) is 2.98. The predicted molar refractivity (Wildman–Crippen MR) is 107 cm³/mol. The Balaban J connectivity index is 1.58. The Bertz CT molecular complexity index is 1200. The molecule has 30 heavy (non-hydrogen) atoms. The fourth-order valence-corrected chi connectivity index (χ4v) is 3.26. The van der Waals surface area contributed by atoms with Crippen LogP contribution in [0.25, 0.3) is 0 Å². The summed E-state index contributed by atoms with van der Waals surface area (Å²) in [7, 11) is 0. The molecule has 3 aromatic rings. The molecule has 1 heterocycles. The van der Waals surface area contributed by atoms with Crippen molar-refractivity contribution >= 4 is 29.2 Å². The van der Waals surface area contributed by atoms with E-state index in [1.54, 1.807) is 36.4 Å². The average molecular weight is 402 g/mol. The van der Waals surface area contributed by atoms with Crippen molar-refractivity contribution in [2.24, 2.45) is 0 Å². The Morgan fingerprint density at radius 3 is 2.20 bits per heavy atom. The highest BCUT2D eigenvalue weighted by Crippen LogP contribution is 2.30. The van der Waals surface area contributed by atoms with Gasteiger partial charge in [-0.3, -0.25) is 19.7 Å². The molecule has 0 N–H and O–H groups in total. The summed E-state index contributed by atoms with van der Waals surface area (Å²) in [5, 5.41) is 10.9. The molecule has 0 aromatic heterocycles. The van der Waals surface area contributed by atoms with Crippen molar-refractivity contribution in [2.75, 3.05) is 4.90 Å². The minimum Gasteiger partial charge on any atom is -0.423 e. The van der Waals surface area contributed by atoms with Crippen LogP contribution in [0.5, 0.6) is 5.75 Å². The molecule has 0 radical (unpaired) electrons. The minimum absolute atomic E-state index is 0.0980. The number of amides is 2. The molecule has 8 heteroatoms. The van der Waals surface area contributed by atoms with E-state index in [0.717, 1.165) is 4.90 Å². The predicted octanol–water partition coefficient (Wildman–Crippen LogP) is 3.92. The normalized spacial score (nSPS) is 12.6. The lowest BCUT2D eigenvalue weighted by atomic mass is 10.1. The number of rotatable bonds is 4. The lowest BCUT2D eigenvalue weighted by Gasteiger charge is -2.15. The van der Waals surface area contributed by atoms with E-state index in [9.17, 15) is 24.5 Å². The number of benzene rings is 3. The highest BCUT2D eigenvalue weighted by atomic mass is 16.6. The van der Waals surface area contributed by atoms with Gasteiger partial charge in [-0.05, 0) is 43.3 Å². The van der Waals surface area contributed by atoms with Gasteiger partial charge < -0.3 is 4.74 Å². The Kier molecular flexibility index (Phi) is 4.59. The van der Waals surface area contributed by atoms with Gasteiger partial charge in [0.2, 0.25) is 0 Å². The zero-order valence-corrected chi connectivity index (χ0v) is 15.7. The van der Waals surface area contributed by atoms with Crippen LogP contribution in [0.1, 0.15) is 36.6 Å². The van der Waals surface area contributed by atoms with Crippen molar-refractivity contribution in [2.45, 2.75) is 6.92 Å². The number of carbonyl (C=O) groups is 3. The number of ether oxygens (including phenoxy) is 1. The highest BCUT2D eigenvalue weighted by molar-refractivity contribution is 6.34. The van der Waals surface area contributed by atoms with Crippen LogP contribution < -0.4 is 9.64 Å². The van der Waals surface area contributed by atoms with E-state index >= 15 is 0 Å². The van der Waals surface area contributed by atoms with Gasteiger partial charge in [0.25, 0.3) is 17.5 Å². The number of hydrogen-bond acceptors (Lipinski definition) is 6. The second kappa shape index (κ2) is 7.25. The third-order valence-corrected chi connectivity index (χ3v) is 4.71. The molecule has 0 aliphatic carbocycles. The molecular formula is C22H14N2O6. The Morgan fingerprint density at radius 1 is 0.933 bits per heavy atom. The summed E-state index contributed by atoms with van der Waals surface area (Å²) >= 11 is 0. The Morgan fingerprint density at radius 2 is 1.60 bits per heavy atom. The molecule has 0 saturated carbocycles. The zero-order chi connectivity index (χ0) is 21.4. The van der Waals surface area contributed by atoms with Gasteiger partial charge >= 0.3 is 5.97 Å². The first-order valence-corrected chi connectivity index (χ1v) is 8.92. The zero-order valence-electron chi connectivity index (χ0n) is 15.7. The van der Waals surface area contributed by atoms with Gasteiger partial charge in [0.1, 0.15) is 5.75 Å². The van der Waals surface area contributed by atoms with Crippen LogP contribution >= 0.6 is 0 Å². The molecule has 8 nitrogen and oxygen atoms in total. The highest BCUT2D eigenvalue weighted by Gasteiger charge is 2.36. The van der Waals surface area contributed by atoms with E-state index in [1.165, 1.54) is 37.3 Å². The van der Waals surface area contributed by atoms with E-state index in [1.807, 2.05) is 0 Å². The maximum atomic E-state index is 12.6. The first-order valence-electron chi connectivity index (χ1n) is 8.92. The summed E-state index contributed by atoms with van der Waals surface area (Å²) in [6, 6.07) is 16.5. The fourth-order valence-electron chi connectivity index (χ4n) is 3.26. The van der Waals surface area contributed by atoms with Gasteiger partial charge in [-0.1, -0.05) is 18.2 Å². The number of aryl methyl sites for hydroxylation is 1. The van der Waals surface area contributed by atoms with Crippen LogP contribution in [0, 0.1) is 17.0 Å². The van der Waals surface area contributed by atoms with Gasteiger partial charge in [0.15, 0.2) is 0 Å². The topological polar surface area (TPSA) is 107 Å². The number of imide groups is 1. The SMILES string of the molecule is Cc1cc(C(=O)Oc2cccc(N3C(=O)c4ccccc4C3=O)c2)ccc1[N+](=O)[O-]. The van der Waals surface area contributed by atoms with Gasteiger partial charge in [-0.15, -0.1) is 0 Å². The molecule has 0 spiro atoms. The van der Waals surface area contributed by atoms with Crippen molar-refractivity contribution in [1.29, 1.82) is 0 Å². The molecule has 0 atom stereocenters. The second-order valence-corrected chi connectivity index (χ2v) is 6.64. The second-order valence-electron chi connectivity index (χ2n) is 6.64. The molecule has 2 amide bonds. The molecule has 0 fully saturated rings. The maximum Gasteiger partial charge on any atom is 0.343 e. The van der Waals surface area contributed by atoms with E-state index in [-0.39, 0.29) is 22.7 Å². The number of esters is 1. The number of nitro groups is 1. The summed E-state index contributed by atoms with van der Waals surface area (Å²) in [6.45, 7) is 1.53. The number of nitrogens with zero attached hydrogens (tertiary/aromatic N) is 2. The molecule has 0 unspecified atom stereocenters. The van der Waals surface area contributed by atoms with Gasteiger partial charge in [0.05, 0.1) is 27.3 Å². The van der Waals surface area contributed by atoms with Crippen molar-refractivity contribution in [1.82, 2.24) is 0 Å². The number of nitro benzene ring substituents is 1. The maximum absolute atomic E-state index is 12.6. The van der Waals surface area contributed by atoms with Crippen molar-refractivity contribution in [3.8, 4) is 5.75 Å². The summed E-state index contributed by atoms with van der Waals surface area (Å²) in [4.78, 5) is 49.1. The van der Waals surface area contributed by atoms with Gasteiger partial charge in [0, 0.05) is 17.7 Å². The summed E-state index contributed by atoms with van der Waals surface area (Å²) in [5.41, 5.74) is 1.27. The van der Waals surface area contributed by atoms with Crippen LogP contribution in [0.4, 0.5) is 11.4 Å².